The van der Waals surface area contributed by atoms with Crippen LogP contribution in [0.5, 0.6) is 11.8 Å². The number of hydrogen-bond donors (Lipinski definition) is 2. The van der Waals surface area contributed by atoms with E-state index in [1.165, 1.54) is 29.6 Å². The highest BCUT2D eigenvalue weighted by Gasteiger charge is 2.28. The van der Waals surface area contributed by atoms with Crippen molar-refractivity contribution in [2.75, 3.05) is 36.4 Å². The molecular weight excluding hydrogens is 460 g/mol. The highest BCUT2D eigenvalue weighted by molar-refractivity contribution is 6.33. The summed E-state index contributed by atoms with van der Waals surface area (Å²) in [6, 6.07) is 6.70. The van der Waals surface area contributed by atoms with E-state index in [4.69, 9.17) is 26.3 Å². The molecule has 6 rings (SSSR count). The van der Waals surface area contributed by atoms with E-state index < -0.39 is 0 Å². The van der Waals surface area contributed by atoms with Crippen LogP contribution in [0.3, 0.4) is 0 Å². The summed E-state index contributed by atoms with van der Waals surface area (Å²) in [6.45, 7) is 7.79. The van der Waals surface area contributed by atoms with Gasteiger partial charge in [0.15, 0.2) is 0 Å². The Hall–Kier alpha value is -2.90. The zero-order valence-electron chi connectivity index (χ0n) is 20.3. The summed E-state index contributed by atoms with van der Waals surface area (Å²) < 4.78 is 6.21. The third kappa shape index (κ3) is 4.80. The minimum absolute atomic E-state index is 0.280. The zero-order chi connectivity index (χ0) is 23.9. The van der Waals surface area contributed by atoms with Gasteiger partial charge >= 0.3 is 6.01 Å². The average Bonchev–Trinajstić information content (AvgIpc) is 3.49. The van der Waals surface area contributed by atoms with Crippen molar-refractivity contribution in [2.24, 2.45) is 10.9 Å². The number of aliphatic imine (C=N–C) groups is 1. The molecule has 8 heteroatoms. The Balaban J connectivity index is 1.31. The van der Waals surface area contributed by atoms with E-state index in [2.05, 4.69) is 52.6 Å². The molecule has 182 valence electrons. The maximum atomic E-state index is 6.74. The molecular formula is C27H31ClN6O. The van der Waals surface area contributed by atoms with Crippen LogP contribution in [0.2, 0.25) is 5.02 Å². The van der Waals surface area contributed by atoms with Crippen LogP contribution in [-0.4, -0.2) is 48.0 Å². The first-order valence-electron chi connectivity index (χ1n) is 12.6. The van der Waals surface area contributed by atoms with Gasteiger partial charge in [0, 0.05) is 37.3 Å². The second kappa shape index (κ2) is 9.28. The fourth-order valence-electron chi connectivity index (χ4n) is 5.04. The smallest absolute Gasteiger partial charge is 0.325 e. The lowest BCUT2D eigenvalue weighted by Gasteiger charge is -2.34. The Labute approximate surface area is 211 Å². The van der Waals surface area contributed by atoms with Crippen molar-refractivity contribution in [2.45, 2.75) is 45.6 Å². The first kappa shape index (κ1) is 22.6. The van der Waals surface area contributed by atoms with E-state index >= 15 is 0 Å². The second-order valence-electron chi connectivity index (χ2n) is 9.94. The Kier molecular flexibility index (Phi) is 5.98. The molecule has 2 aliphatic carbocycles. The molecule has 0 bridgehead atoms. The van der Waals surface area contributed by atoms with Crippen LogP contribution in [0.25, 0.3) is 6.08 Å². The summed E-state index contributed by atoms with van der Waals surface area (Å²) >= 11 is 6.74. The highest BCUT2D eigenvalue weighted by atomic mass is 35.5. The maximum absolute atomic E-state index is 6.74. The lowest BCUT2D eigenvalue weighted by molar-refractivity contribution is 0.430. The predicted molar refractivity (Wildman–Crippen MR) is 142 cm³/mol. The molecule has 0 amide bonds. The summed E-state index contributed by atoms with van der Waals surface area (Å²) in [6.07, 6.45) is 8.85. The lowest BCUT2D eigenvalue weighted by Crippen LogP contribution is -2.50. The molecule has 1 aromatic heterocycles. The lowest BCUT2D eigenvalue weighted by atomic mass is 10.1. The molecule has 1 saturated heterocycles. The summed E-state index contributed by atoms with van der Waals surface area (Å²) in [5.74, 6) is 3.65. The number of amidine groups is 1. The van der Waals surface area contributed by atoms with E-state index in [1.807, 2.05) is 12.1 Å². The summed E-state index contributed by atoms with van der Waals surface area (Å²) in [4.78, 5) is 16.5. The number of rotatable bonds is 6. The van der Waals surface area contributed by atoms with E-state index in [9.17, 15) is 0 Å². The van der Waals surface area contributed by atoms with Crippen LogP contribution in [0.15, 0.2) is 40.4 Å². The molecule has 1 aromatic carbocycles. The highest BCUT2D eigenvalue weighted by Crippen LogP contribution is 2.39. The van der Waals surface area contributed by atoms with Crippen LogP contribution in [0.1, 0.15) is 44.2 Å². The zero-order valence-corrected chi connectivity index (χ0v) is 21.0. The number of fused-ring (bicyclic) bond motifs is 1. The quantitative estimate of drug-likeness (QED) is 0.577. The van der Waals surface area contributed by atoms with Crippen LogP contribution in [-0.2, 0) is 6.42 Å². The molecule has 2 aromatic rings. The number of hydrogen-bond acceptors (Lipinski definition) is 7. The molecule has 35 heavy (non-hydrogen) atoms. The molecule has 3 heterocycles. The largest absolute Gasteiger partial charge is 0.423 e. The SMILES string of the molecule is CCC1CN(c2cc(NC3=NCC(C4CC4)=C3)nc(Oc3ccc4c(c3Cl)C=C(C)C4)n2)CCN1. The number of nitrogens with one attached hydrogen (secondary N) is 2. The molecule has 7 nitrogen and oxygen atoms in total. The van der Waals surface area contributed by atoms with Crippen molar-refractivity contribution in [1.29, 1.82) is 0 Å². The topological polar surface area (TPSA) is 74.7 Å². The van der Waals surface area contributed by atoms with Crippen LogP contribution >= 0.6 is 11.6 Å². The van der Waals surface area contributed by atoms with E-state index in [0.717, 1.165) is 56.2 Å². The molecule has 0 radical (unpaired) electrons. The minimum Gasteiger partial charge on any atom is -0.423 e. The molecule has 2 fully saturated rings. The van der Waals surface area contributed by atoms with Gasteiger partial charge < -0.3 is 20.3 Å². The van der Waals surface area contributed by atoms with Crippen molar-refractivity contribution in [1.82, 2.24) is 15.3 Å². The molecule has 0 spiro atoms. The van der Waals surface area contributed by atoms with Gasteiger partial charge in [0.1, 0.15) is 23.2 Å². The number of halogens is 1. The molecule has 4 aliphatic rings. The Morgan fingerprint density at radius 3 is 2.94 bits per heavy atom. The molecule has 1 saturated carbocycles. The number of ether oxygens (including phenoxy) is 1. The number of anilines is 2. The standard InChI is InChI=1S/C27H31ClN6O/c1-3-20-15-34(9-8-29-20)25-13-24(31-23-12-19(14-30-23)17-4-5-17)32-27(33-25)35-22-7-6-18-10-16(2)11-21(18)26(22)28/h6-7,11-13,17,20,29H,3-5,8-10,14-15H2,1-2H3,(H,30,31,32,33). The fraction of sp³-hybridized carbons (Fsp3) is 0.444. The minimum atomic E-state index is 0.280. The summed E-state index contributed by atoms with van der Waals surface area (Å²) in [7, 11) is 0. The van der Waals surface area contributed by atoms with Gasteiger partial charge in [0.25, 0.3) is 0 Å². The fourth-order valence-corrected chi connectivity index (χ4v) is 5.32. The van der Waals surface area contributed by atoms with Gasteiger partial charge in [-0.25, -0.2) is 0 Å². The normalized spacial score (nSPS) is 21.4. The number of allylic oxidation sites excluding steroid dienone is 1. The molecule has 1 atom stereocenters. The maximum Gasteiger partial charge on any atom is 0.325 e. The number of piperazine rings is 1. The summed E-state index contributed by atoms with van der Waals surface area (Å²) in [5.41, 5.74) is 4.96. The van der Waals surface area contributed by atoms with Gasteiger partial charge in [-0.3, -0.25) is 4.99 Å². The molecule has 2 N–H and O–H groups in total. The van der Waals surface area contributed by atoms with Gasteiger partial charge in [-0.2, -0.15) is 9.97 Å². The third-order valence-electron chi connectivity index (χ3n) is 7.17. The first-order valence-corrected chi connectivity index (χ1v) is 13.0. The van der Waals surface area contributed by atoms with E-state index in [1.54, 1.807) is 0 Å². The number of benzene rings is 1. The molecule has 2 aliphatic heterocycles. The van der Waals surface area contributed by atoms with Gasteiger partial charge in [-0.15, -0.1) is 0 Å². The Morgan fingerprint density at radius 2 is 2.11 bits per heavy atom. The third-order valence-corrected chi connectivity index (χ3v) is 7.56. The van der Waals surface area contributed by atoms with Crippen LogP contribution in [0.4, 0.5) is 11.6 Å². The monoisotopic (exact) mass is 490 g/mol. The first-order chi connectivity index (χ1) is 17.1. The van der Waals surface area contributed by atoms with Gasteiger partial charge in [-0.05, 0) is 61.8 Å². The van der Waals surface area contributed by atoms with Gasteiger partial charge in [0.2, 0.25) is 0 Å². The van der Waals surface area contributed by atoms with Crippen LogP contribution in [0, 0.1) is 5.92 Å². The number of nitrogens with zero attached hydrogens (tertiary/aromatic N) is 4. The van der Waals surface area contributed by atoms with Crippen molar-refractivity contribution in [3.05, 3.63) is 51.6 Å². The van der Waals surface area contributed by atoms with Crippen LogP contribution < -0.4 is 20.3 Å². The Morgan fingerprint density at radius 1 is 1.23 bits per heavy atom. The van der Waals surface area contributed by atoms with Crippen molar-refractivity contribution in [3.8, 4) is 11.8 Å². The van der Waals surface area contributed by atoms with Crippen molar-refractivity contribution in [3.63, 3.8) is 0 Å². The van der Waals surface area contributed by atoms with Gasteiger partial charge in [0.05, 0.1) is 11.6 Å². The molecule has 1 unspecified atom stereocenters. The average molecular weight is 491 g/mol. The predicted octanol–water partition coefficient (Wildman–Crippen LogP) is 5.23. The van der Waals surface area contributed by atoms with Gasteiger partial charge in [-0.1, -0.05) is 36.2 Å². The summed E-state index contributed by atoms with van der Waals surface area (Å²) in [5, 5.41) is 7.58. The van der Waals surface area contributed by atoms with E-state index in [-0.39, 0.29) is 6.01 Å². The Bertz CT molecular complexity index is 1250. The van der Waals surface area contributed by atoms with Crippen molar-refractivity contribution < 1.29 is 4.74 Å². The van der Waals surface area contributed by atoms with E-state index in [0.29, 0.717) is 28.5 Å². The number of aromatic nitrogens is 2. The van der Waals surface area contributed by atoms with Crippen molar-refractivity contribution >= 4 is 35.1 Å². The second-order valence-corrected chi connectivity index (χ2v) is 10.3.